The molecule has 7 heavy (non-hydrogen) atoms. The molecule has 0 fully saturated rings. The van der Waals surface area contributed by atoms with E-state index in [9.17, 15) is 0 Å². The molecule has 0 aromatic rings. The van der Waals surface area contributed by atoms with E-state index in [1.165, 1.54) is 0 Å². The van der Waals surface area contributed by atoms with E-state index in [0.717, 1.165) is 6.42 Å². The summed E-state index contributed by atoms with van der Waals surface area (Å²) in [7, 11) is 0. The van der Waals surface area contributed by atoms with Crippen molar-refractivity contribution >= 4 is 0 Å². The number of hydrogen-bond acceptors (Lipinski definition) is 0. The van der Waals surface area contributed by atoms with E-state index in [0.29, 0.717) is 0 Å². The van der Waals surface area contributed by atoms with E-state index < -0.39 is 0 Å². The van der Waals surface area contributed by atoms with E-state index in [-0.39, 0.29) is 37.5 Å². The third-order valence-electron chi connectivity index (χ3n) is 0.655. The standard InChI is InChI=1S/C5H6.Fe.Pd/c1-2-4-5-3-1;;/h1-4H,5H2;;. The molecule has 0 bridgehead atoms. The minimum Gasteiger partial charge on any atom is -0.0808 e. The quantitative estimate of drug-likeness (QED) is 0.551. The summed E-state index contributed by atoms with van der Waals surface area (Å²) in [5.74, 6) is 0. The van der Waals surface area contributed by atoms with Crippen molar-refractivity contribution in [1.29, 1.82) is 0 Å². The average Bonchev–Trinajstić information content (AvgIpc) is 1.76. The molecule has 44 valence electrons. The Hall–Kier alpha value is 0.662. The van der Waals surface area contributed by atoms with Crippen LogP contribution in [0.2, 0.25) is 0 Å². The van der Waals surface area contributed by atoms with E-state index >= 15 is 0 Å². The first-order chi connectivity index (χ1) is 2.50. The molecule has 0 radical (unpaired) electrons. The summed E-state index contributed by atoms with van der Waals surface area (Å²) in [5.41, 5.74) is 0. The van der Waals surface area contributed by atoms with Gasteiger partial charge in [0.1, 0.15) is 0 Å². The number of rotatable bonds is 0. The summed E-state index contributed by atoms with van der Waals surface area (Å²) in [6.45, 7) is 0. The van der Waals surface area contributed by atoms with Crippen molar-refractivity contribution in [3.8, 4) is 0 Å². The molecule has 0 atom stereocenters. The van der Waals surface area contributed by atoms with Gasteiger partial charge in [-0.15, -0.1) is 0 Å². The van der Waals surface area contributed by atoms with Crippen molar-refractivity contribution < 1.29 is 37.5 Å². The van der Waals surface area contributed by atoms with Crippen molar-refractivity contribution in [3.63, 3.8) is 0 Å². The van der Waals surface area contributed by atoms with Gasteiger partial charge in [-0.25, -0.2) is 0 Å². The smallest absolute Gasteiger partial charge is 0 e. The van der Waals surface area contributed by atoms with Gasteiger partial charge in [0, 0.05) is 37.5 Å². The van der Waals surface area contributed by atoms with Crippen LogP contribution >= 0.6 is 0 Å². The Balaban J connectivity index is 0. The van der Waals surface area contributed by atoms with Gasteiger partial charge in [-0.1, -0.05) is 24.3 Å². The molecule has 1 aliphatic carbocycles. The molecule has 0 saturated carbocycles. The second-order valence-corrected chi connectivity index (χ2v) is 1.09. The Kier molecular flexibility index (Phi) is 10.1. The molecule has 1 rings (SSSR count). The molecule has 0 nitrogen and oxygen atoms in total. The van der Waals surface area contributed by atoms with Gasteiger partial charge >= 0.3 is 0 Å². The Labute approximate surface area is 68.2 Å². The van der Waals surface area contributed by atoms with Gasteiger partial charge < -0.3 is 0 Å². The molecule has 1 aliphatic rings. The zero-order valence-electron chi connectivity index (χ0n) is 3.69. The van der Waals surface area contributed by atoms with Gasteiger partial charge in [-0.2, -0.15) is 0 Å². The Morgan fingerprint density at radius 1 is 1.00 bits per heavy atom. The van der Waals surface area contributed by atoms with Crippen molar-refractivity contribution in [1.82, 2.24) is 0 Å². The summed E-state index contributed by atoms with van der Waals surface area (Å²) in [6, 6.07) is 0. The maximum Gasteiger partial charge on any atom is 0 e. The summed E-state index contributed by atoms with van der Waals surface area (Å²) < 4.78 is 0. The van der Waals surface area contributed by atoms with Crippen LogP contribution in [0.3, 0.4) is 0 Å². The minimum atomic E-state index is 0. The van der Waals surface area contributed by atoms with E-state index in [2.05, 4.69) is 24.3 Å². The molecule has 0 amide bonds. The van der Waals surface area contributed by atoms with Gasteiger partial charge in [0.2, 0.25) is 0 Å². The fourth-order valence-electron chi connectivity index (χ4n) is 0.393. The first kappa shape index (κ1) is 10.6. The van der Waals surface area contributed by atoms with Crippen LogP contribution in [-0.4, -0.2) is 0 Å². The van der Waals surface area contributed by atoms with E-state index in [1.807, 2.05) is 0 Å². The van der Waals surface area contributed by atoms with Gasteiger partial charge in [0.15, 0.2) is 0 Å². The largest absolute Gasteiger partial charge is 0.0808 e. The maximum atomic E-state index is 2.12. The van der Waals surface area contributed by atoms with Crippen LogP contribution in [0.1, 0.15) is 6.42 Å². The molecule has 0 aliphatic heterocycles. The van der Waals surface area contributed by atoms with E-state index in [1.54, 1.807) is 0 Å². The zero-order chi connectivity index (χ0) is 3.54. The number of hydrogen-bond donors (Lipinski definition) is 0. The van der Waals surface area contributed by atoms with Crippen LogP contribution in [0.25, 0.3) is 0 Å². The van der Waals surface area contributed by atoms with Crippen molar-refractivity contribution in [3.05, 3.63) is 24.3 Å². The Bertz CT molecular complexity index is 66.1. The van der Waals surface area contributed by atoms with Crippen LogP contribution in [0.5, 0.6) is 0 Å². The molecule has 0 unspecified atom stereocenters. The van der Waals surface area contributed by atoms with Gasteiger partial charge in [0.05, 0.1) is 0 Å². The van der Waals surface area contributed by atoms with Crippen molar-refractivity contribution in [2.75, 3.05) is 0 Å². The molecule has 0 heterocycles. The van der Waals surface area contributed by atoms with E-state index in [4.69, 9.17) is 0 Å². The van der Waals surface area contributed by atoms with Gasteiger partial charge in [0.25, 0.3) is 0 Å². The molecule has 0 spiro atoms. The zero-order valence-corrected chi connectivity index (χ0v) is 6.35. The number of allylic oxidation sites excluding steroid dienone is 4. The summed E-state index contributed by atoms with van der Waals surface area (Å²) in [5, 5.41) is 0. The molecule has 0 saturated heterocycles. The average molecular weight is 228 g/mol. The van der Waals surface area contributed by atoms with Crippen molar-refractivity contribution in [2.45, 2.75) is 6.42 Å². The van der Waals surface area contributed by atoms with Crippen molar-refractivity contribution in [2.24, 2.45) is 0 Å². The predicted molar refractivity (Wildman–Crippen MR) is 22.9 cm³/mol. The molecular formula is C5H6FePd. The molecular weight excluding hydrogens is 222 g/mol. The van der Waals surface area contributed by atoms with Crippen LogP contribution in [-0.2, 0) is 37.5 Å². The molecule has 0 aromatic carbocycles. The summed E-state index contributed by atoms with van der Waals surface area (Å²) >= 11 is 0. The monoisotopic (exact) mass is 228 g/mol. The second kappa shape index (κ2) is 6.66. The van der Waals surface area contributed by atoms with Crippen LogP contribution < -0.4 is 0 Å². The predicted octanol–water partition coefficient (Wildman–Crippen LogP) is 1.50. The molecule has 2 heteroatoms. The third-order valence-corrected chi connectivity index (χ3v) is 0.655. The van der Waals surface area contributed by atoms with Crippen LogP contribution in [0, 0.1) is 0 Å². The first-order valence-electron chi connectivity index (χ1n) is 1.82. The third kappa shape index (κ3) is 4.52. The normalized spacial score (nSPS) is 12.6. The Morgan fingerprint density at radius 3 is 1.57 bits per heavy atom. The first-order valence-corrected chi connectivity index (χ1v) is 1.82. The second-order valence-electron chi connectivity index (χ2n) is 1.09. The summed E-state index contributed by atoms with van der Waals surface area (Å²) in [6.07, 6.45) is 9.50. The fraction of sp³-hybridized carbons (Fsp3) is 0.200. The maximum absolute atomic E-state index is 2.12. The van der Waals surface area contributed by atoms with Crippen LogP contribution in [0.4, 0.5) is 0 Å². The SMILES string of the molecule is C1=CCC=C1.[Fe].[Pd]. The minimum absolute atomic E-state index is 0. The molecule has 0 N–H and O–H groups in total. The summed E-state index contributed by atoms with van der Waals surface area (Å²) in [4.78, 5) is 0. The fourth-order valence-corrected chi connectivity index (χ4v) is 0.393. The topological polar surface area (TPSA) is 0 Å². The molecule has 0 aromatic heterocycles. The van der Waals surface area contributed by atoms with Gasteiger partial charge in [-0.3, -0.25) is 0 Å². The Morgan fingerprint density at radius 2 is 1.43 bits per heavy atom. The van der Waals surface area contributed by atoms with Gasteiger partial charge in [-0.05, 0) is 6.42 Å². The van der Waals surface area contributed by atoms with Crippen LogP contribution in [0.15, 0.2) is 24.3 Å².